The van der Waals surface area contributed by atoms with Gasteiger partial charge in [-0.15, -0.1) is 0 Å². The Hall–Kier alpha value is -0.550. The summed E-state index contributed by atoms with van der Waals surface area (Å²) in [6.07, 6.45) is 1.19. The number of sulfone groups is 1. The third kappa shape index (κ3) is 2.98. The standard InChI is InChI=1S/C11H13BrO3S/c12-10-3-1-2-4-11(10)15-9-5-7-16(13,14)8-6-9/h1-4,9H,5-8H2. The van der Waals surface area contributed by atoms with E-state index < -0.39 is 9.84 Å². The van der Waals surface area contributed by atoms with E-state index in [9.17, 15) is 8.42 Å². The van der Waals surface area contributed by atoms with Gasteiger partial charge in [-0.05, 0) is 40.9 Å². The predicted octanol–water partition coefficient (Wildman–Crippen LogP) is 2.41. The fourth-order valence-corrected chi connectivity index (χ4v) is 3.53. The van der Waals surface area contributed by atoms with Crippen molar-refractivity contribution in [3.05, 3.63) is 28.7 Å². The summed E-state index contributed by atoms with van der Waals surface area (Å²) < 4.78 is 29.2. The third-order valence-electron chi connectivity index (χ3n) is 2.63. The van der Waals surface area contributed by atoms with Gasteiger partial charge >= 0.3 is 0 Å². The van der Waals surface area contributed by atoms with Gasteiger partial charge < -0.3 is 4.74 Å². The number of para-hydroxylation sites is 1. The van der Waals surface area contributed by atoms with Gasteiger partial charge in [-0.3, -0.25) is 0 Å². The highest BCUT2D eigenvalue weighted by Gasteiger charge is 2.25. The van der Waals surface area contributed by atoms with Gasteiger partial charge in [0.15, 0.2) is 9.84 Å². The Kier molecular flexibility index (Phi) is 3.54. The zero-order valence-corrected chi connectivity index (χ0v) is 11.1. The van der Waals surface area contributed by atoms with Gasteiger partial charge in [0.25, 0.3) is 0 Å². The second-order valence-corrected chi connectivity index (χ2v) is 7.06. The third-order valence-corrected chi connectivity index (χ3v) is 5.00. The molecule has 0 saturated carbocycles. The van der Waals surface area contributed by atoms with E-state index in [4.69, 9.17) is 4.74 Å². The molecule has 0 N–H and O–H groups in total. The van der Waals surface area contributed by atoms with Crippen molar-refractivity contribution >= 4 is 25.8 Å². The van der Waals surface area contributed by atoms with E-state index >= 15 is 0 Å². The molecule has 3 nitrogen and oxygen atoms in total. The summed E-state index contributed by atoms with van der Waals surface area (Å²) in [6, 6.07) is 7.62. The minimum Gasteiger partial charge on any atom is -0.489 e. The summed E-state index contributed by atoms with van der Waals surface area (Å²) in [5.41, 5.74) is 0. The summed E-state index contributed by atoms with van der Waals surface area (Å²) in [7, 11) is -2.81. The molecule has 16 heavy (non-hydrogen) atoms. The van der Waals surface area contributed by atoms with Crippen molar-refractivity contribution in [3.63, 3.8) is 0 Å². The van der Waals surface area contributed by atoms with Crippen LogP contribution in [0.25, 0.3) is 0 Å². The van der Waals surface area contributed by atoms with Crippen molar-refractivity contribution in [2.75, 3.05) is 11.5 Å². The highest BCUT2D eigenvalue weighted by molar-refractivity contribution is 9.10. The lowest BCUT2D eigenvalue weighted by Crippen LogP contribution is -2.30. The van der Waals surface area contributed by atoms with Crippen molar-refractivity contribution in [2.24, 2.45) is 0 Å². The molecule has 0 atom stereocenters. The zero-order valence-electron chi connectivity index (χ0n) is 8.73. The Morgan fingerprint density at radius 3 is 2.44 bits per heavy atom. The van der Waals surface area contributed by atoms with Crippen LogP contribution in [0.5, 0.6) is 5.75 Å². The van der Waals surface area contributed by atoms with Crippen LogP contribution in [0.2, 0.25) is 0 Å². The van der Waals surface area contributed by atoms with Gasteiger partial charge in [0.2, 0.25) is 0 Å². The molecule has 2 rings (SSSR count). The van der Waals surface area contributed by atoms with Crippen LogP contribution in [0, 0.1) is 0 Å². The summed E-state index contributed by atoms with van der Waals surface area (Å²) in [4.78, 5) is 0. The van der Waals surface area contributed by atoms with Crippen molar-refractivity contribution in [3.8, 4) is 5.75 Å². The average molecular weight is 305 g/mol. The van der Waals surface area contributed by atoms with Crippen LogP contribution in [0.1, 0.15) is 12.8 Å². The molecule has 0 aliphatic carbocycles. The lowest BCUT2D eigenvalue weighted by Gasteiger charge is -2.23. The lowest BCUT2D eigenvalue weighted by molar-refractivity contribution is 0.188. The van der Waals surface area contributed by atoms with Gasteiger partial charge in [-0.2, -0.15) is 0 Å². The molecule has 1 aliphatic rings. The molecule has 0 unspecified atom stereocenters. The van der Waals surface area contributed by atoms with E-state index in [1.807, 2.05) is 24.3 Å². The minimum atomic E-state index is -2.81. The molecular formula is C11H13BrO3S. The van der Waals surface area contributed by atoms with Gasteiger partial charge in [0, 0.05) is 0 Å². The first-order chi connectivity index (χ1) is 7.57. The summed E-state index contributed by atoms with van der Waals surface area (Å²) in [6.45, 7) is 0. The van der Waals surface area contributed by atoms with Crippen LogP contribution in [0.4, 0.5) is 0 Å². The minimum absolute atomic E-state index is 0.0159. The highest BCUT2D eigenvalue weighted by Crippen LogP contribution is 2.27. The van der Waals surface area contributed by atoms with E-state index in [-0.39, 0.29) is 17.6 Å². The highest BCUT2D eigenvalue weighted by atomic mass is 79.9. The molecule has 0 amide bonds. The summed E-state index contributed by atoms with van der Waals surface area (Å²) in [5, 5.41) is 0. The van der Waals surface area contributed by atoms with Crippen LogP contribution in [0.15, 0.2) is 28.7 Å². The number of benzene rings is 1. The molecule has 88 valence electrons. The normalized spacial score (nSPS) is 20.6. The van der Waals surface area contributed by atoms with Crippen LogP contribution in [0.3, 0.4) is 0 Å². The summed E-state index contributed by atoms with van der Waals surface area (Å²) >= 11 is 3.40. The smallest absolute Gasteiger partial charge is 0.150 e. The van der Waals surface area contributed by atoms with Gasteiger partial charge in [-0.25, -0.2) is 8.42 Å². The Morgan fingerprint density at radius 1 is 1.19 bits per heavy atom. The summed E-state index contributed by atoms with van der Waals surface area (Å²) in [5.74, 6) is 1.26. The topological polar surface area (TPSA) is 43.4 Å². The average Bonchev–Trinajstić information content (AvgIpc) is 2.24. The molecule has 1 aromatic carbocycles. The molecule has 1 aliphatic heterocycles. The van der Waals surface area contributed by atoms with Crippen LogP contribution >= 0.6 is 15.9 Å². The first kappa shape index (κ1) is 11.9. The fourth-order valence-electron chi connectivity index (χ4n) is 1.71. The molecule has 0 aromatic heterocycles. The fraction of sp³-hybridized carbons (Fsp3) is 0.455. The van der Waals surface area contributed by atoms with E-state index in [1.165, 1.54) is 0 Å². The molecule has 0 radical (unpaired) electrons. The Balaban J connectivity index is 2.00. The quantitative estimate of drug-likeness (QED) is 0.843. The second kappa shape index (κ2) is 4.75. The van der Waals surface area contributed by atoms with Gasteiger partial charge in [0.05, 0.1) is 16.0 Å². The predicted molar refractivity (Wildman–Crippen MR) is 66.4 cm³/mol. The Morgan fingerprint density at radius 2 is 1.81 bits per heavy atom. The van der Waals surface area contributed by atoms with E-state index in [0.717, 1.165) is 10.2 Å². The lowest BCUT2D eigenvalue weighted by atomic mass is 10.2. The zero-order chi connectivity index (χ0) is 11.6. The number of hydrogen-bond acceptors (Lipinski definition) is 3. The Bertz CT molecular complexity index is 456. The number of halogens is 1. The van der Waals surface area contributed by atoms with Crippen molar-refractivity contribution < 1.29 is 13.2 Å². The molecule has 1 saturated heterocycles. The molecule has 1 aromatic rings. The van der Waals surface area contributed by atoms with E-state index in [0.29, 0.717) is 12.8 Å². The maximum atomic E-state index is 11.3. The number of hydrogen-bond donors (Lipinski definition) is 0. The number of ether oxygens (including phenoxy) is 1. The van der Waals surface area contributed by atoms with Gasteiger partial charge in [-0.1, -0.05) is 12.1 Å². The molecule has 0 spiro atoms. The second-order valence-electron chi connectivity index (χ2n) is 3.90. The molecular weight excluding hydrogens is 292 g/mol. The molecule has 1 fully saturated rings. The largest absolute Gasteiger partial charge is 0.489 e. The van der Waals surface area contributed by atoms with Crippen LogP contribution in [-0.2, 0) is 9.84 Å². The molecule has 5 heteroatoms. The van der Waals surface area contributed by atoms with Crippen LogP contribution < -0.4 is 4.74 Å². The van der Waals surface area contributed by atoms with Crippen molar-refractivity contribution in [1.29, 1.82) is 0 Å². The maximum Gasteiger partial charge on any atom is 0.150 e. The van der Waals surface area contributed by atoms with E-state index in [2.05, 4.69) is 15.9 Å². The first-order valence-electron chi connectivity index (χ1n) is 5.18. The van der Waals surface area contributed by atoms with Crippen molar-refractivity contribution in [2.45, 2.75) is 18.9 Å². The SMILES string of the molecule is O=S1(=O)CCC(Oc2ccccc2Br)CC1. The van der Waals surface area contributed by atoms with Gasteiger partial charge in [0.1, 0.15) is 11.9 Å². The van der Waals surface area contributed by atoms with Crippen LogP contribution in [-0.4, -0.2) is 26.0 Å². The monoisotopic (exact) mass is 304 g/mol. The Labute approximate surface area is 104 Å². The maximum absolute atomic E-state index is 11.3. The molecule has 0 bridgehead atoms. The molecule has 1 heterocycles. The first-order valence-corrected chi connectivity index (χ1v) is 7.80. The van der Waals surface area contributed by atoms with Crippen molar-refractivity contribution in [1.82, 2.24) is 0 Å². The number of rotatable bonds is 2. The van der Waals surface area contributed by atoms with E-state index in [1.54, 1.807) is 0 Å².